The predicted molar refractivity (Wildman–Crippen MR) is 93.0 cm³/mol. The summed E-state index contributed by atoms with van der Waals surface area (Å²) in [6, 6.07) is 22.8. The molecule has 3 aromatic rings. The normalized spacial score (nSPS) is 11.9. The van der Waals surface area contributed by atoms with Crippen LogP contribution in [-0.4, -0.2) is 19.2 Å². The molecule has 0 saturated carbocycles. The first-order valence-electron chi connectivity index (χ1n) is 7.33. The highest BCUT2D eigenvalue weighted by atomic mass is 32.2. The van der Waals surface area contributed by atoms with Gasteiger partial charge in [-0.05, 0) is 30.3 Å². The number of benzene rings is 2. The van der Waals surface area contributed by atoms with E-state index in [1.165, 1.54) is 0 Å². The van der Waals surface area contributed by atoms with Crippen molar-refractivity contribution < 1.29 is 12.8 Å². The third-order valence-electron chi connectivity index (χ3n) is 3.27. The van der Waals surface area contributed by atoms with Crippen LogP contribution in [0.4, 0.5) is 5.82 Å². The molecule has 0 saturated heterocycles. The van der Waals surface area contributed by atoms with Crippen molar-refractivity contribution in [1.82, 2.24) is 4.98 Å². The minimum Gasteiger partial charge on any atom is -0.223 e. The predicted octanol–water partition coefficient (Wildman–Crippen LogP) is 1.41. The van der Waals surface area contributed by atoms with Crippen LogP contribution in [0.3, 0.4) is 0 Å². The van der Waals surface area contributed by atoms with Crippen molar-refractivity contribution in [3.05, 3.63) is 90.6 Å². The number of pyridine rings is 1. The van der Waals surface area contributed by atoms with Crippen LogP contribution in [0.1, 0.15) is 5.56 Å². The van der Waals surface area contributed by atoms with Crippen molar-refractivity contribution in [2.45, 2.75) is 4.90 Å². The van der Waals surface area contributed by atoms with E-state index in [1.807, 2.05) is 36.4 Å². The van der Waals surface area contributed by atoms with Crippen molar-refractivity contribution in [3.63, 3.8) is 0 Å². The maximum atomic E-state index is 12.6. The minimum atomic E-state index is -3.71. The van der Waals surface area contributed by atoms with E-state index in [1.54, 1.807) is 48.7 Å². The van der Waals surface area contributed by atoms with Gasteiger partial charge in [0.25, 0.3) is 5.84 Å². The number of aromatic nitrogens is 1. The van der Waals surface area contributed by atoms with Gasteiger partial charge in [-0.1, -0.05) is 42.5 Å². The summed E-state index contributed by atoms with van der Waals surface area (Å²) in [5.74, 6) is 0.894. The highest BCUT2D eigenvalue weighted by molar-refractivity contribution is 7.84. The maximum Gasteiger partial charge on any atom is 0.328 e. The zero-order valence-corrected chi connectivity index (χ0v) is 13.6. The van der Waals surface area contributed by atoms with Crippen LogP contribution < -0.4 is 9.71 Å². The van der Waals surface area contributed by atoms with E-state index >= 15 is 0 Å². The third-order valence-corrected chi connectivity index (χ3v) is 4.64. The molecule has 120 valence electrons. The van der Waals surface area contributed by atoms with E-state index in [0.29, 0.717) is 17.2 Å². The summed E-state index contributed by atoms with van der Waals surface area (Å²) in [5.41, 5.74) is 0.711. The van der Waals surface area contributed by atoms with Crippen LogP contribution in [0, 0.1) is 0 Å². The molecule has 0 atom stereocenters. The quantitative estimate of drug-likeness (QED) is 0.557. The molecule has 6 heteroatoms. The van der Waals surface area contributed by atoms with Crippen LogP contribution in [0.25, 0.3) is 0 Å². The molecule has 2 aromatic carbocycles. The fourth-order valence-electron chi connectivity index (χ4n) is 2.12. The first-order chi connectivity index (χ1) is 11.6. The first kappa shape index (κ1) is 15.9. The smallest absolute Gasteiger partial charge is 0.223 e. The fraction of sp³-hybridized carbons (Fsp3) is 0. The van der Waals surface area contributed by atoms with Gasteiger partial charge in [0, 0.05) is 12.3 Å². The van der Waals surface area contributed by atoms with Crippen LogP contribution in [0.2, 0.25) is 0 Å². The largest absolute Gasteiger partial charge is 0.328 e. The van der Waals surface area contributed by atoms with E-state index in [2.05, 4.69) is 14.7 Å². The Kier molecular flexibility index (Phi) is 4.67. The van der Waals surface area contributed by atoms with Crippen molar-refractivity contribution in [2.24, 2.45) is 0 Å². The maximum absolute atomic E-state index is 12.6. The lowest BCUT2D eigenvalue weighted by Crippen LogP contribution is -2.78. The summed E-state index contributed by atoms with van der Waals surface area (Å²) in [4.78, 5) is 4.38. The lowest BCUT2D eigenvalue weighted by atomic mass is 10.2. The second-order valence-electron chi connectivity index (χ2n) is 5.00. The zero-order chi connectivity index (χ0) is 16.8. The second kappa shape index (κ2) is 7.06. The van der Waals surface area contributed by atoms with Crippen LogP contribution in [-0.2, 0) is 10.0 Å². The summed E-state index contributed by atoms with van der Waals surface area (Å²) >= 11 is 0. The van der Waals surface area contributed by atoms with Crippen molar-refractivity contribution >= 4 is 21.7 Å². The molecule has 2 N–H and O–H groups in total. The lowest BCUT2D eigenvalue weighted by Gasteiger charge is -2.04. The van der Waals surface area contributed by atoms with E-state index in [9.17, 15) is 8.42 Å². The highest BCUT2D eigenvalue weighted by Crippen LogP contribution is 2.06. The summed E-state index contributed by atoms with van der Waals surface area (Å²) < 4.78 is 27.8. The average molecular weight is 338 g/mol. The molecule has 0 bridgehead atoms. The Morgan fingerprint density at radius 2 is 1.46 bits per heavy atom. The molecule has 0 aliphatic rings. The molecule has 0 aliphatic carbocycles. The molecule has 0 radical (unpaired) electrons. The Morgan fingerprint density at radius 3 is 2.08 bits per heavy atom. The molecule has 0 amide bonds. The number of nitrogens with zero attached hydrogens (tertiary/aromatic N) is 1. The molecule has 0 fully saturated rings. The van der Waals surface area contributed by atoms with Gasteiger partial charge in [0.05, 0.1) is 5.56 Å². The molecule has 1 aromatic heterocycles. The van der Waals surface area contributed by atoms with Crippen molar-refractivity contribution in [2.75, 3.05) is 5.32 Å². The van der Waals surface area contributed by atoms with Crippen LogP contribution in [0.15, 0.2) is 90.0 Å². The number of amidine groups is 1. The van der Waals surface area contributed by atoms with E-state index in [4.69, 9.17) is 0 Å². The van der Waals surface area contributed by atoms with Crippen molar-refractivity contribution in [1.29, 1.82) is 0 Å². The van der Waals surface area contributed by atoms with Gasteiger partial charge in [-0.15, -0.1) is 0 Å². The molecular formula is C18H16N3O2S+. The Hall–Kier alpha value is -2.99. The van der Waals surface area contributed by atoms with Gasteiger partial charge in [0.1, 0.15) is 4.90 Å². The Bertz CT molecular complexity index is 926. The monoisotopic (exact) mass is 338 g/mol. The van der Waals surface area contributed by atoms with Gasteiger partial charge in [0.2, 0.25) is 5.82 Å². The van der Waals surface area contributed by atoms with Crippen LogP contribution >= 0.6 is 0 Å². The summed E-state index contributed by atoms with van der Waals surface area (Å²) in [5, 5.41) is 3.04. The zero-order valence-electron chi connectivity index (χ0n) is 12.8. The summed E-state index contributed by atoms with van der Waals surface area (Å²) in [6.07, 6.45) is 1.64. The van der Waals surface area contributed by atoms with Gasteiger partial charge in [0.15, 0.2) is 0 Å². The topological polar surface area (TPSA) is 73.0 Å². The Morgan fingerprint density at radius 1 is 0.833 bits per heavy atom. The standard InChI is InChI=1S/C18H15N3O2S/c22-24(23,16-11-5-2-6-12-16)21-18(15-9-3-1-4-10-15)20-17-13-7-8-14-19-17/h1-14H,(H,19,20,21)/p+1. The van der Waals surface area contributed by atoms with Crippen molar-refractivity contribution in [3.8, 4) is 0 Å². The number of rotatable bonds is 4. The Labute approximate surface area is 140 Å². The Balaban J connectivity index is 2.04. The molecule has 0 unspecified atom stereocenters. The summed E-state index contributed by atoms with van der Waals surface area (Å²) in [6.45, 7) is 0. The van der Waals surface area contributed by atoms with E-state index in [-0.39, 0.29) is 4.90 Å². The molecule has 24 heavy (non-hydrogen) atoms. The number of hydrogen-bond acceptors (Lipinski definition) is 3. The number of anilines is 1. The lowest BCUT2D eigenvalue weighted by molar-refractivity contribution is -0.266. The third kappa shape index (κ3) is 3.85. The number of sulfonamides is 1. The molecular weight excluding hydrogens is 322 g/mol. The van der Waals surface area contributed by atoms with Gasteiger partial charge < -0.3 is 0 Å². The first-order valence-corrected chi connectivity index (χ1v) is 8.82. The van der Waals surface area contributed by atoms with Crippen LogP contribution in [0.5, 0.6) is 0 Å². The molecule has 5 nitrogen and oxygen atoms in total. The van der Waals surface area contributed by atoms with Gasteiger partial charge in [-0.25, -0.2) is 10.3 Å². The van der Waals surface area contributed by atoms with Gasteiger partial charge >= 0.3 is 10.0 Å². The highest BCUT2D eigenvalue weighted by Gasteiger charge is 2.20. The molecule has 3 rings (SSSR count). The average Bonchev–Trinajstić information content (AvgIpc) is 2.63. The number of hydrogen-bond donors (Lipinski definition) is 2. The van der Waals surface area contributed by atoms with Gasteiger partial charge in [-0.3, -0.25) is 0 Å². The SMILES string of the molecule is O=S(=O)([NH+]=C(Nc1ccccn1)c1ccccc1)c1ccccc1. The molecule has 1 heterocycles. The fourth-order valence-corrected chi connectivity index (χ4v) is 3.19. The summed E-state index contributed by atoms with van der Waals surface area (Å²) in [7, 11) is -3.71. The molecule has 0 aliphatic heterocycles. The minimum absolute atomic E-state index is 0.196. The van der Waals surface area contributed by atoms with Gasteiger partial charge in [-0.2, -0.15) is 12.8 Å². The van der Waals surface area contributed by atoms with E-state index in [0.717, 1.165) is 0 Å². The van der Waals surface area contributed by atoms with E-state index < -0.39 is 10.0 Å². The molecule has 0 spiro atoms. The number of nitrogens with one attached hydrogen (secondary N) is 2. The second-order valence-corrected chi connectivity index (χ2v) is 6.68.